The lowest BCUT2D eigenvalue weighted by Crippen LogP contribution is -2.32. The molecule has 0 unspecified atom stereocenters. The van der Waals surface area contributed by atoms with Crippen molar-refractivity contribution < 1.29 is 4.79 Å². The predicted molar refractivity (Wildman–Crippen MR) is 87.4 cm³/mol. The average Bonchev–Trinajstić information content (AvgIpc) is 2.46. The summed E-state index contributed by atoms with van der Waals surface area (Å²) in [5, 5.41) is 7.17. The molecule has 2 rings (SSSR count). The maximum absolute atomic E-state index is 11.9. The summed E-state index contributed by atoms with van der Waals surface area (Å²) < 4.78 is 0. The van der Waals surface area contributed by atoms with Gasteiger partial charge in [-0.25, -0.2) is 10.2 Å². The topological polar surface area (TPSA) is 53.5 Å². The predicted octanol–water partition coefficient (Wildman–Crippen LogP) is 4.26. The second kappa shape index (κ2) is 7.25. The molecule has 1 aliphatic rings. The van der Waals surface area contributed by atoms with Crippen molar-refractivity contribution >= 4 is 17.4 Å². The number of nitrogens with one attached hydrogen (secondary N) is 2. The normalized spacial score (nSPS) is 24.1. The zero-order valence-corrected chi connectivity index (χ0v) is 13.1. The third-order valence-electron chi connectivity index (χ3n) is 4.09. The molecule has 2 N–H and O–H groups in total. The molecule has 2 atom stereocenters. The van der Waals surface area contributed by atoms with Crippen molar-refractivity contribution in [3.63, 3.8) is 0 Å². The summed E-state index contributed by atoms with van der Waals surface area (Å²) in [6, 6.07) is 9.12. The molecule has 114 valence electrons. The number of hydrogen-bond acceptors (Lipinski definition) is 2. The first-order valence-electron chi connectivity index (χ1n) is 7.74. The number of para-hydroxylation sites is 1. The highest BCUT2D eigenvalue weighted by Crippen LogP contribution is 2.31. The van der Waals surface area contributed by atoms with Crippen molar-refractivity contribution in [2.45, 2.75) is 40.0 Å². The molecule has 0 saturated heterocycles. The molecule has 1 fully saturated rings. The number of carbonyl (C=O) groups is 1. The van der Waals surface area contributed by atoms with E-state index < -0.39 is 0 Å². The van der Waals surface area contributed by atoms with E-state index in [0.29, 0.717) is 17.8 Å². The average molecular weight is 287 g/mol. The van der Waals surface area contributed by atoms with Gasteiger partial charge in [-0.15, -0.1) is 0 Å². The van der Waals surface area contributed by atoms with Gasteiger partial charge < -0.3 is 5.32 Å². The molecule has 0 aromatic heterocycles. The van der Waals surface area contributed by atoms with Crippen molar-refractivity contribution in [2.75, 3.05) is 5.32 Å². The Labute approximate surface area is 127 Å². The summed E-state index contributed by atoms with van der Waals surface area (Å²) in [5.41, 5.74) is 4.55. The Hall–Kier alpha value is -1.84. The van der Waals surface area contributed by atoms with Crippen LogP contribution in [0.25, 0.3) is 0 Å². The molecule has 0 spiro atoms. The first-order chi connectivity index (χ1) is 10.1. The van der Waals surface area contributed by atoms with Crippen LogP contribution in [-0.4, -0.2) is 11.7 Å². The van der Waals surface area contributed by atoms with Gasteiger partial charge in [0, 0.05) is 17.3 Å². The van der Waals surface area contributed by atoms with Crippen LogP contribution in [0.15, 0.2) is 35.4 Å². The third kappa shape index (κ3) is 4.59. The molecule has 0 radical (unpaired) electrons. The van der Waals surface area contributed by atoms with E-state index in [1.165, 1.54) is 12.8 Å². The van der Waals surface area contributed by atoms with Crippen molar-refractivity contribution in [2.24, 2.45) is 22.9 Å². The lowest BCUT2D eigenvalue weighted by molar-refractivity contribution is 0.252. The van der Waals surface area contributed by atoms with Gasteiger partial charge in [-0.05, 0) is 43.2 Å². The van der Waals surface area contributed by atoms with Crippen LogP contribution in [0.3, 0.4) is 0 Å². The third-order valence-corrected chi connectivity index (χ3v) is 4.09. The van der Waals surface area contributed by atoms with Gasteiger partial charge in [0.25, 0.3) is 0 Å². The maximum Gasteiger partial charge on any atom is 0.339 e. The molecule has 1 saturated carbocycles. The Kier molecular flexibility index (Phi) is 5.37. The van der Waals surface area contributed by atoms with E-state index >= 15 is 0 Å². The zero-order chi connectivity index (χ0) is 15.2. The number of benzene rings is 1. The molecule has 0 bridgehead atoms. The van der Waals surface area contributed by atoms with Crippen LogP contribution in [0.5, 0.6) is 0 Å². The lowest BCUT2D eigenvalue weighted by Gasteiger charge is -2.30. The fourth-order valence-electron chi connectivity index (χ4n) is 2.89. The Balaban J connectivity index is 1.96. The van der Waals surface area contributed by atoms with E-state index in [0.717, 1.165) is 17.8 Å². The fourth-order valence-corrected chi connectivity index (χ4v) is 2.89. The number of hydrogen-bond donors (Lipinski definition) is 2. The number of hydrazone groups is 1. The number of urea groups is 1. The largest absolute Gasteiger partial charge is 0.339 e. The van der Waals surface area contributed by atoms with E-state index in [4.69, 9.17) is 0 Å². The second-order valence-corrected chi connectivity index (χ2v) is 6.27. The Morgan fingerprint density at radius 2 is 1.95 bits per heavy atom. The number of nitrogens with zero attached hydrogens (tertiary/aromatic N) is 1. The van der Waals surface area contributed by atoms with E-state index in [2.05, 4.69) is 36.6 Å². The van der Waals surface area contributed by atoms with Crippen LogP contribution in [0, 0.1) is 17.8 Å². The van der Waals surface area contributed by atoms with Gasteiger partial charge in [0.05, 0.1) is 0 Å². The van der Waals surface area contributed by atoms with Crippen LogP contribution in [0.2, 0.25) is 0 Å². The number of rotatable bonds is 3. The van der Waals surface area contributed by atoms with Crippen LogP contribution in [0.4, 0.5) is 10.5 Å². The molecule has 0 aliphatic heterocycles. The molecule has 0 heterocycles. The molecule has 1 aromatic carbocycles. The Morgan fingerprint density at radius 3 is 2.62 bits per heavy atom. The first-order valence-corrected chi connectivity index (χ1v) is 7.74. The van der Waals surface area contributed by atoms with E-state index in [1.807, 2.05) is 30.3 Å². The highest BCUT2D eigenvalue weighted by Gasteiger charge is 2.27. The number of anilines is 1. The van der Waals surface area contributed by atoms with Crippen molar-refractivity contribution in [1.29, 1.82) is 0 Å². The van der Waals surface area contributed by atoms with Crippen LogP contribution in [0.1, 0.15) is 40.0 Å². The molecule has 2 amide bonds. The van der Waals surface area contributed by atoms with Crippen molar-refractivity contribution in [3.8, 4) is 0 Å². The smallest absolute Gasteiger partial charge is 0.307 e. The zero-order valence-electron chi connectivity index (χ0n) is 13.1. The van der Waals surface area contributed by atoms with Crippen LogP contribution in [-0.2, 0) is 0 Å². The molecule has 4 heteroatoms. The first kappa shape index (κ1) is 15.5. The van der Waals surface area contributed by atoms with Gasteiger partial charge in [0.15, 0.2) is 0 Å². The lowest BCUT2D eigenvalue weighted by atomic mass is 9.76. The van der Waals surface area contributed by atoms with E-state index in [9.17, 15) is 4.79 Å². The SMILES string of the molecule is CC(C)[C@H]1CC[C@@H](C)CC1=NNC(=O)Nc1ccccc1. The Bertz CT molecular complexity index is 496. The minimum atomic E-state index is -0.283. The summed E-state index contributed by atoms with van der Waals surface area (Å²) in [7, 11) is 0. The Morgan fingerprint density at radius 1 is 1.24 bits per heavy atom. The minimum absolute atomic E-state index is 0.283. The monoisotopic (exact) mass is 287 g/mol. The van der Waals surface area contributed by atoms with Gasteiger partial charge in [0.2, 0.25) is 0 Å². The van der Waals surface area contributed by atoms with Gasteiger partial charge in [-0.1, -0.05) is 39.0 Å². The highest BCUT2D eigenvalue weighted by molar-refractivity contribution is 5.92. The van der Waals surface area contributed by atoms with Crippen LogP contribution < -0.4 is 10.7 Å². The second-order valence-electron chi connectivity index (χ2n) is 6.27. The number of amides is 2. The fraction of sp³-hybridized carbons (Fsp3) is 0.529. The van der Waals surface area contributed by atoms with Crippen molar-refractivity contribution in [3.05, 3.63) is 30.3 Å². The summed E-state index contributed by atoms with van der Waals surface area (Å²) in [6.45, 7) is 6.69. The highest BCUT2D eigenvalue weighted by atomic mass is 16.2. The molecular weight excluding hydrogens is 262 g/mol. The van der Waals surface area contributed by atoms with E-state index in [1.54, 1.807) is 0 Å². The van der Waals surface area contributed by atoms with Gasteiger partial charge in [-0.3, -0.25) is 0 Å². The molecule has 21 heavy (non-hydrogen) atoms. The van der Waals surface area contributed by atoms with E-state index in [-0.39, 0.29) is 6.03 Å². The maximum atomic E-state index is 11.9. The molecule has 4 nitrogen and oxygen atoms in total. The van der Waals surface area contributed by atoms with Crippen LogP contribution >= 0.6 is 0 Å². The van der Waals surface area contributed by atoms with Crippen molar-refractivity contribution in [1.82, 2.24) is 5.43 Å². The summed E-state index contributed by atoms with van der Waals surface area (Å²) in [5.74, 6) is 1.70. The minimum Gasteiger partial charge on any atom is -0.307 e. The number of carbonyl (C=O) groups excluding carboxylic acids is 1. The summed E-state index contributed by atoms with van der Waals surface area (Å²) >= 11 is 0. The quantitative estimate of drug-likeness (QED) is 0.802. The van der Waals surface area contributed by atoms with Gasteiger partial charge in [-0.2, -0.15) is 5.10 Å². The molecular formula is C17H25N3O. The molecule has 1 aliphatic carbocycles. The van der Waals surface area contributed by atoms with Gasteiger partial charge in [0.1, 0.15) is 0 Å². The molecule has 1 aromatic rings. The van der Waals surface area contributed by atoms with Gasteiger partial charge >= 0.3 is 6.03 Å². The summed E-state index contributed by atoms with van der Waals surface area (Å²) in [6.07, 6.45) is 3.40. The standard InChI is InChI=1S/C17H25N3O/c1-12(2)15-10-9-13(3)11-16(15)19-20-17(21)18-14-7-5-4-6-8-14/h4-8,12-13,15H,9-11H2,1-3H3,(H2,18,20,21)/t13-,15-/m1/s1. The summed E-state index contributed by atoms with van der Waals surface area (Å²) in [4.78, 5) is 11.9.